The summed E-state index contributed by atoms with van der Waals surface area (Å²) in [6.07, 6.45) is -0.320. The van der Waals surface area contributed by atoms with Crippen LogP contribution in [0.1, 0.15) is 40.1 Å². The zero-order valence-electron chi connectivity index (χ0n) is 17.0. The van der Waals surface area contributed by atoms with Gasteiger partial charge in [-0.2, -0.15) is 0 Å². The molecule has 0 heterocycles. The second kappa shape index (κ2) is 10.9. The Kier molecular flexibility index (Phi) is 7.75. The third-order valence-corrected chi connectivity index (χ3v) is 4.60. The van der Waals surface area contributed by atoms with E-state index in [4.69, 9.17) is 4.74 Å². The van der Waals surface area contributed by atoms with E-state index in [0.29, 0.717) is 18.7 Å². The third kappa shape index (κ3) is 6.03. The van der Waals surface area contributed by atoms with Crippen molar-refractivity contribution in [2.24, 2.45) is 0 Å². The molecule has 0 spiro atoms. The van der Waals surface area contributed by atoms with Crippen LogP contribution in [-0.4, -0.2) is 25.0 Å². The van der Waals surface area contributed by atoms with Gasteiger partial charge in [-0.25, -0.2) is 0 Å². The minimum absolute atomic E-state index is 0.0650. The van der Waals surface area contributed by atoms with Gasteiger partial charge in [-0.05, 0) is 35.7 Å². The Morgan fingerprint density at radius 3 is 2.07 bits per heavy atom. The van der Waals surface area contributed by atoms with Crippen LogP contribution in [0.15, 0.2) is 84.9 Å². The lowest BCUT2D eigenvalue weighted by Crippen LogP contribution is -2.28. The molecule has 0 atom stereocenters. The maximum atomic E-state index is 12.4. The SMILES string of the molecule is CCNC(=O)c1cccc(CNC(=O)COC(c2ccccc2)c2ccccc2)c1. The predicted molar refractivity (Wildman–Crippen MR) is 117 cm³/mol. The van der Waals surface area contributed by atoms with Crippen LogP contribution >= 0.6 is 0 Å². The summed E-state index contributed by atoms with van der Waals surface area (Å²) in [4.78, 5) is 24.4. The number of benzene rings is 3. The number of amides is 2. The topological polar surface area (TPSA) is 67.4 Å². The summed E-state index contributed by atoms with van der Waals surface area (Å²) in [7, 11) is 0. The predicted octanol–water partition coefficient (Wildman–Crippen LogP) is 3.86. The van der Waals surface area contributed by atoms with Gasteiger partial charge in [-0.15, -0.1) is 0 Å². The number of carbonyl (C=O) groups is 2. The minimum Gasteiger partial charge on any atom is -0.359 e. The van der Waals surface area contributed by atoms with Gasteiger partial charge < -0.3 is 15.4 Å². The van der Waals surface area contributed by atoms with Gasteiger partial charge in [0.25, 0.3) is 5.91 Å². The standard InChI is InChI=1S/C25H26N2O3/c1-2-26-25(29)22-15-9-10-19(16-22)17-27-23(28)18-30-24(20-11-5-3-6-12-20)21-13-7-4-8-14-21/h3-16,24H,2,17-18H2,1H3,(H,26,29)(H,27,28). The molecule has 0 saturated heterocycles. The molecule has 0 fully saturated rings. The van der Waals surface area contributed by atoms with E-state index in [9.17, 15) is 9.59 Å². The highest BCUT2D eigenvalue weighted by molar-refractivity contribution is 5.94. The van der Waals surface area contributed by atoms with Gasteiger partial charge in [0.2, 0.25) is 5.91 Å². The summed E-state index contributed by atoms with van der Waals surface area (Å²) < 4.78 is 5.98. The van der Waals surface area contributed by atoms with Crippen molar-refractivity contribution in [3.05, 3.63) is 107 Å². The lowest BCUT2D eigenvalue weighted by molar-refractivity contribution is -0.127. The van der Waals surface area contributed by atoms with Crippen LogP contribution in [-0.2, 0) is 16.1 Å². The van der Waals surface area contributed by atoms with Crippen LogP contribution in [0.4, 0.5) is 0 Å². The summed E-state index contributed by atoms with van der Waals surface area (Å²) in [5.74, 6) is -0.335. The monoisotopic (exact) mass is 402 g/mol. The summed E-state index contributed by atoms with van der Waals surface area (Å²) in [6, 6.07) is 26.9. The normalized spacial score (nSPS) is 10.6. The number of ether oxygens (including phenoxy) is 1. The second-order valence-electron chi connectivity index (χ2n) is 6.85. The van der Waals surface area contributed by atoms with E-state index in [1.165, 1.54) is 0 Å². The zero-order chi connectivity index (χ0) is 21.2. The summed E-state index contributed by atoms with van der Waals surface area (Å²) in [5, 5.41) is 5.63. The van der Waals surface area contributed by atoms with Crippen molar-refractivity contribution < 1.29 is 14.3 Å². The number of carbonyl (C=O) groups excluding carboxylic acids is 2. The molecule has 0 aliphatic rings. The van der Waals surface area contributed by atoms with Gasteiger partial charge in [0.1, 0.15) is 12.7 Å². The quantitative estimate of drug-likeness (QED) is 0.571. The van der Waals surface area contributed by atoms with E-state index >= 15 is 0 Å². The van der Waals surface area contributed by atoms with Crippen molar-refractivity contribution in [2.75, 3.05) is 13.2 Å². The second-order valence-corrected chi connectivity index (χ2v) is 6.85. The van der Waals surface area contributed by atoms with Crippen LogP contribution in [0.3, 0.4) is 0 Å². The molecule has 30 heavy (non-hydrogen) atoms. The lowest BCUT2D eigenvalue weighted by atomic mass is 10.0. The molecule has 154 valence electrons. The van der Waals surface area contributed by atoms with Crippen molar-refractivity contribution in [1.82, 2.24) is 10.6 Å². The molecule has 3 rings (SSSR count). The molecule has 2 amide bonds. The van der Waals surface area contributed by atoms with Crippen LogP contribution in [0.25, 0.3) is 0 Å². The van der Waals surface area contributed by atoms with Crippen LogP contribution < -0.4 is 10.6 Å². The molecule has 0 radical (unpaired) electrons. The molecular weight excluding hydrogens is 376 g/mol. The highest BCUT2D eigenvalue weighted by Crippen LogP contribution is 2.25. The number of hydrogen-bond donors (Lipinski definition) is 2. The summed E-state index contributed by atoms with van der Waals surface area (Å²) >= 11 is 0. The van der Waals surface area contributed by atoms with Gasteiger partial charge in [0.15, 0.2) is 0 Å². The highest BCUT2D eigenvalue weighted by Gasteiger charge is 2.16. The van der Waals surface area contributed by atoms with Gasteiger partial charge in [0, 0.05) is 18.7 Å². The first-order valence-electron chi connectivity index (χ1n) is 10.0. The van der Waals surface area contributed by atoms with E-state index in [0.717, 1.165) is 16.7 Å². The van der Waals surface area contributed by atoms with Crippen LogP contribution in [0.2, 0.25) is 0 Å². The molecule has 5 nitrogen and oxygen atoms in total. The average Bonchev–Trinajstić information content (AvgIpc) is 2.79. The van der Waals surface area contributed by atoms with E-state index in [-0.39, 0.29) is 24.5 Å². The molecule has 0 unspecified atom stereocenters. The number of nitrogens with one attached hydrogen (secondary N) is 2. The zero-order valence-corrected chi connectivity index (χ0v) is 17.0. The fraction of sp³-hybridized carbons (Fsp3) is 0.200. The first kappa shape index (κ1) is 21.3. The van der Waals surface area contributed by atoms with Crippen molar-refractivity contribution in [2.45, 2.75) is 19.6 Å². The molecule has 0 aromatic heterocycles. The Bertz CT molecular complexity index is 919. The molecule has 0 aliphatic carbocycles. The van der Waals surface area contributed by atoms with E-state index in [1.54, 1.807) is 12.1 Å². The molecule has 0 bridgehead atoms. The van der Waals surface area contributed by atoms with E-state index in [1.807, 2.05) is 79.7 Å². The summed E-state index contributed by atoms with van der Waals surface area (Å²) in [5.41, 5.74) is 3.42. The van der Waals surface area contributed by atoms with Crippen molar-refractivity contribution in [3.63, 3.8) is 0 Å². The van der Waals surface area contributed by atoms with Gasteiger partial charge >= 0.3 is 0 Å². The molecule has 3 aromatic rings. The smallest absolute Gasteiger partial charge is 0.251 e. The average molecular weight is 402 g/mol. The fourth-order valence-corrected chi connectivity index (χ4v) is 3.14. The number of rotatable bonds is 9. The first-order valence-corrected chi connectivity index (χ1v) is 10.0. The largest absolute Gasteiger partial charge is 0.359 e. The Labute approximate surface area is 177 Å². The van der Waals surface area contributed by atoms with Crippen LogP contribution in [0, 0.1) is 0 Å². The molecule has 2 N–H and O–H groups in total. The highest BCUT2D eigenvalue weighted by atomic mass is 16.5. The molecule has 5 heteroatoms. The first-order chi connectivity index (χ1) is 14.7. The molecule has 3 aromatic carbocycles. The van der Waals surface area contributed by atoms with Crippen molar-refractivity contribution in [1.29, 1.82) is 0 Å². The Balaban J connectivity index is 1.59. The van der Waals surface area contributed by atoms with E-state index in [2.05, 4.69) is 10.6 Å². The Morgan fingerprint density at radius 2 is 1.47 bits per heavy atom. The Hall–Kier alpha value is -3.44. The van der Waals surface area contributed by atoms with Gasteiger partial charge in [-0.3, -0.25) is 9.59 Å². The van der Waals surface area contributed by atoms with Gasteiger partial charge in [0.05, 0.1) is 0 Å². The maximum absolute atomic E-state index is 12.4. The van der Waals surface area contributed by atoms with Gasteiger partial charge in [-0.1, -0.05) is 72.8 Å². The molecular formula is C25H26N2O3. The van der Waals surface area contributed by atoms with Crippen LogP contribution in [0.5, 0.6) is 0 Å². The molecule has 0 saturated carbocycles. The molecule has 0 aliphatic heterocycles. The Morgan fingerprint density at radius 1 is 0.833 bits per heavy atom. The summed E-state index contributed by atoms with van der Waals surface area (Å²) in [6.45, 7) is 2.71. The fourth-order valence-electron chi connectivity index (χ4n) is 3.14. The van der Waals surface area contributed by atoms with E-state index < -0.39 is 0 Å². The minimum atomic E-state index is -0.320. The number of hydrogen-bond acceptors (Lipinski definition) is 3. The van der Waals surface area contributed by atoms with Crippen molar-refractivity contribution in [3.8, 4) is 0 Å². The van der Waals surface area contributed by atoms with Crippen molar-refractivity contribution >= 4 is 11.8 Å². The third-order valence-electron chi connectivity index (χ3n) is 4.60. The maximum Gasteiger partial charge on any atom is 0.251 e. The lowest BCUT2D eigenvalue weighted by Gasteiger charge is -2.19.